The van der Waals surface area contributed by atoms with Gasteiger partial charge in [0.05, 0.1) is 18.8 Å². The topological polar surface area (TPSA) is 89.8 Å². The molecule has 4 N–H and O–H groups in total. The van der Waals surface area contributed by atoms with E-state index in [1.54, 1.807) is 6.08 Å². The van der Waals surface area contributed by atoms with Gasteiger partial charge in [-0.15, -0.1) is 0 Å². The summed E-state index contributed by atoms with van der Waals surface area (Å²) in [5.74, 6) is -0.513. The van der Waals surface area contributed by atoms with Gasteiger partial charge in [0.25, 0.3) is 0 Å². The quantitative estimate of drug-likeness (QED) is 0.0364. The molecule has 0 bridgehead atoms. The second-order valence-corrected chi connectivity index (χ2v) is 17.7. The Kier molecular flexibility index (Phi) is 47.0. The maximum absolute atomic E-state index is 12.5. The number of hydrogen-bond acceptors (Lipinski definition) is 4. The first-order valence-corrected chi connectivity index (χ1v) is 25.8. The Bertz CT molecular complexity index is 901. The molecule has 342 valence electrons. The van der Waals surface area contributed by atoms with Gasteiger partial charge in [0.1, 0.15) is 6.10 Å². The molecule has 0 aromatic heterocycles. The molecular formula is C53H101NO4. The highest BCUT2D eigenvalue weighted by atomic mass is 16.3. The number of hydrogen-bond donors (Lipinski definition) is 4. The van der Waals surface area contributed by atoms with Crippen LogP contribution < -0.4 is 5.32 Å². The average Bonchev–Trinajstić information content (AvgIpc) is 3.23. The van der Waals surface area contributed by atoms with E-state index in [9.17, 15) is 20.1 Å². The van der Waals surface area contributed by atoms with Gasteiger partial charge in [-0.2, -0.15) is 0 Å². The summed E-state index contributed by atoms with van der Waals surface area (Å²) in [7, 11) is 0. The minimum absolute atomic E-state index is 0.376. The Balaban J connectivity index is 3.64. The number of carbonyl (C=O) groups is 1. The first kappa shape index (κ1) is 56.6. The third kappa shape index (κ3) is 42.7. The van der Waals surface area contributed by atoms with Crippen molar-refractivity contribution in [2.75, 3.05) is 6.61 Å². The van der Waals surface area contributed by atoms with Crippen LogP contribution in [0.15, 0.2) is 36.5 Å². The van der Waals surface area contributed by atoms with Gasteiger partial charge < -0.3 is 20.6 Å². The second-order valence-electron chi connectivity index (χ2n) is 17.7. The molecule has 0 aliphatic rings. The monoisotopic (exact) mass is 816 g/mol. The third-order valence-corrected chi connectivity index (χ3v) is 12.0. The lowest BCUT2D eigenvalue weighted by Gasteiger charge is -2.21. The number of amides is 1. The lowest BCUT2D eigenvalue weighted by molar-refractivity contribution is -0.131. The van der Waals surface area contributed by atoms with Crippen LogP contribution in [-0.4, -0.2) is 46.1 Å². The van der Waals surface area contributed by atoms with E-state index in [1.807, 2.05) is 6.08 Å². The molecule has 3 atom stereocenters. The molecule has 0 radical (unpaired) electrons. The summed E-state index contributed by atoms with van der Waals surface area (Å²) >= 11 is 0. The van der Waals surface area contributed by atoms with Crippen LogP contribution in [0.3, 0.4) is 0 Å². The van der Waals surface area contributed by atoms with Gasteiger partial charge in [0.15, 0.2) is 0 Å². The van der Waals surface area contributed by atoms with Crippen molar-refractivity contribution >= 4 is 5.91 Å². The second kappa shape index (κ2) is 48.2. The van der Waals surface area contributed by atoms with E-state index in [0.717, 1.165) is 38.5 Å². The van der Waals surface area contributed by atoms with Crippen molar-refractivity contribution in [3.63, 3.8) is 0 Å². The molecule has 0 heterocycles. The summed E-state index contributed by atoms with van der Waals surface area (Å²) in [6.07, 6.45) is 62.0. The van der Waals surface area contributed by atoms with Crippen molar-refractivity contribution in [2.45, 2.75) is 289 Å². The van der Waals surface area contributed by atoms with Crippen LogP contribution in [0.4, 0.5) is 0 Å². The molecule has 1 amide bonds. The molecule has 0 saturated heterocycles. The molecule has 5 heteroatoms. The molecule has 0 fully saturated rings. The summed E-state index contributed by atoms with van der Waals surface area (Å²) in [6, 6.07) is -0.816. The van der Waals surface area contributed by atoms with Crippen molar-refractivity contribution < 1.29 is 20.1 Å². The Labute approximate surface area is 362 Å². The van der Waals surface area contributed by atoms with Crippen LogP contribution in [0, 0.1) is 0 Å². The Hall–Kier alpha value is -1.43. The van der Waals surface area contributed by atoms with Crippen molar-refractivity contribution in [3.05, 3.63) is 36.5 Å². The lowest BCUT2D eigenvalue weighted by atomic mass is 10.0. The molecule has 0 spiro atoms. The zero-order valence-electron chi connectivity index (χ0n) is 38.9. The lowest BCUT2D eigenvalue weighted by Crippen LogP contribution is -2.48. The molecule has 0 rings (SSSR count). The highest BCUT2D eigenvalue weighted by molar-refractivity contribution is 5.80. The number of unbranched alkanes of at least 4 members (excludes halogenated alkanes) is 35. The van der Waals surface area contributed by atoms with Crippen molar-refractivity contribution in [1.29, 1.82) is 0 Å². The van der Waals surface area contributed by atoms with E-state index in [-0.39, 0.29) is 6.61 Å². The molecule has 0 aliphatic heterocycles. The van der Waals surface area contributed by atoms with E-state index < -0.39 is 24.2 Å². The van der Waals surface area contributed by atoms with Gasteiger partial charge in [-0.25, -0.2) is 0 Å². The van der Waals surface area contributed by atoms with Crippen LogP contribution in [0.25, 0.3) is 0 Å². The standard InChI is InChI=1S/C53H101NO4/c1-3-5-7-9-11-13-15-17-19-21-23-25-26-27-28-30-32-34-36-38-40-42-44-46-48-52(57)53(58)54-50(49-55)51(56)47-45-43-41-39-37-35-33-31-29-24-22-20-18-16-14-12-10-8-6-4-2/h27-28,37,39,45,47,50-52,55-57H,3-26,29-36,38,40-44,46,48-49H2,1-2H3,(H,54,58)/b28-27-,39-37+,47-45+. The van der Waals surface area contributed by atoms with Gasteiger partial charge in [0.2, 0.25) is 5.91 Å². The Morgan fingerprint density at radius 2 is 0.707 bits per heavy atom. The number of allylic oxidation sites excluding steroid dienone is 5. The molecule has 5 nitrogen and oxygen atoms in total. The summed E-state index contributed by atoms with van der Waals surface area (Å²) in [5, 5.41) is 33.3. The van der Waals surface area contributed by atoms with Crippen molar-refractivity contribution in [2.24, 2.45) is 0 Å². The minimum Gasteiger partial charge on any atom is -0.394 e. The molecule has 0 saturated carbocycles. The maximum atomic E-state index is 12.5. The molecule has 3 unspecified atom stereocenters. The van der Waals surface area contributed by atoms with E-state index >= 15 is 0 Å². The number of rotatable bonds is 47. The minimum atomic E-state index is -1.11. The molecule has 0 aliphatic carbocycles. The predicted molar refractivity (Wildman–Crippen MR) is 254 cm³/mol. The molecular weight excluding hydrogens is 715 g/mol. The predicted octanol–water partition coefficient (Wildman–Crippen LogP) is 15.5. The van der Waals surface area contributed by atoms with Crippen LogP contribution in [-0.2, 0) is 4.79 Å². The van der Waals surface area contributed by atoms with Gasteiger partial charge in [-0.05, 0) is 57.8 Å². The number of carbonyl (C=O) groups excluding carboxylic acids is 1. The fourth-order valence-electron chi connectivity index (χ4n) is 7.90. The first-order chi connectivity index (χ1) is 28.6. The summed E-state index contributed by atoms with van der Waals surface area (Å²) in [5.41, 5.74) is 0. The van der Waals surface area contributed by atoms with Gasteiger partial charge >= 0.3 is 0 Å². The summed E-state index contributed by atoms with van der Waals surface area (Å²) < 4.78 is 0. The Morgan fingerprint density at radius 3 is 1.05 bits per heavy atom. The highest BCUT2D eigenvalue weighted by Gasteiger charge is 2.22. The first-order valence-electron chi connectivity index (χ1n) is 25.8. The van der Waals surface area contributed by atoms with E-state index in [4.69, 9.17) is 0 Å². The molecule has 58 heavy (non-hydrogen) atoms. The van der Waals surface area contributed by atoms with Gasteiger partial charge in [-0.1, -0.05) is 249 Å². The van der Waals surface area contributed by atoms with Crippen molar-refractivity contribution in [3.8, 4) is 0 Å². The van der Waals surface area contributed by atoms with Crippen molar-refractivity contribution in [1.82, 2.24) is 5.32 Å². The zero-order chi connectivity index (χ0) is 42.3. The number of nitrogens with one attached hydrogen (secondary N) is 1. The fourth-order valence-corrected chi connectivity index (χ4v) is 7.90. The normalized spacial score (nSPS) is 13.7. The SMILES string of the molecule is CCCCCCCCCCCCCC/C=C\CCCCCCCCCCC(O)C(=O)NC(CO)C(O)/C=C/CC/C=C/CCCCCCCCCCCCCCCC. The number of aliphatic hydroxyl groups is 3. The number of aliphatic hydroxyl groups excluding tert-OH is 3. The largest absolute Gasteiger partial charge is 0.394 e. The van der Waals surface area contributed by atoms with Crippen LogP contribution in [0.5, 0.6) is 0 Å². The van der Waals surface area contributed by atoms with Gasteiger partial charge in [-0.3, -0.25) is 4.79 Å². The highest BCUT2D eigenvalue weighted by Crippen LogP contribution is 2.16. The molecule has 0 aromatic carbocycles. The van der Waals surface area contributed by atoms with Crippen LogP contribution >= 0.6 is 0 Å². The summed E-state index contributed by atoms with van der Waals surface area (Å²) in [6.45, 7) is 4.19. The maximum Gasteiger partial charge on any atom is 0.249 e. The Morgan fingerprint density at radius 1 is 0.414 bits per heavy atom. The van der Waals surface area contributed by atoms with Crippen LogP contribution in [0.1, 0.15) is 271 Å². The van der Waals surface area contributed by atoms with Crippen LogP contribution in [0.2, 0.25) is 0 Å². The zero-order valence-corrected chi connectivity index (χ0v) is 38.9. The van der Waals surface area contributed by atoms with E-state index in [2.05, 4.69) is 43.5 Å². The van der Waals surface area contributed by atoms with Gasteiger partial charge in [0, 0.05) is 0 Å². The third-order valence-electron chi connectivity index (χ3n) is 12.0. The van der Waals surface area contributed by atoms with E-state index in [1.165, 1.54) is 212 Å². The van der Waals surface area contributed by atoms with E-state index in [0.29, 0.717) is 6.42 Å². The smallest absolute Gasteiger partial charge is 0.249 e. The fraction of sp³-hybridized carbons (Fsp3) is 0.868. The average molecular weight is 816 g/mol. The molecule has 0 aromatic rings. The summed E-state index contributed by atoms with van der Waals surface area (Å²) in [4.78, 5) is 12.5.